The fourth-order valence-electron chi connectivity index (χ4n) is 3.07. The molecule has 2 aliphatic heterocycles. The Morgan fingerprint density at radius 3 is 2.93 bits per heavy atom. The highest BCUT2D eigenvalue weighted by molar-refractivity contribution is 5.01. The smallest absolute Gasteiger partial charge is 0.256 e. The number of nitrogens with one attached hydrogen (secondary N) is 1. The molecule has 2 fully saturated rings. The summed E-state index contributed by atoms with van der Waals surface area (Å²) in [6.45, 7) is 4.49. The second kappa shape index (κ2) is 4.34. The van der Waals surface area contributed by atoms with E-state index in [0.29, 0.717) is 25.4 Å². The van der Waals surface area contributed by atoms with Gasteiger partial charge in [-0.2, -0.15) is 0 Å². The predicted octanol–water partition coefficient (Wildman–Crippen LogP) is 1.86. The minimum Gasteiger partial charge on any atom is -0.307 e. The summed E-state index contributed by atoms with van der Waals surface area (Å²) in [5, 5.41) is 3.03. The molecule has 88 valence electrons. The number of fused-ring (bicyclic) bond motifs is 1. The van der Waals surface area contributed by atoms with E-state index in [0.717, 1.165) is 19.5 Å². The Kier molecular flexibility index (Phi) is 3.26. The second-order valence-corrected chi connectivity index (χ2v) is 4.77. The molecule has 4 heteroatoms. The highest BCUT2D eigenvalue weighted by Crippen LogP contribution is 2.36. The third-order valence-electron chi connectivity index (χ3n) is 3.89. The fourth-order valence-corrected chi connectivity index (χ4v) is 3.07. The lowest BCUT2D eigenvalue weighted by atomic mass is 9.83. The summed E-state index contributed by atoms with van der Waals surface area (Å²) in [4.78, 5) is 2.37. The molecule has 15 heavy (non-hydrogen) atoms. The second-order valence-electron chi connectivity index (χ2n) is 4.77. The summed E-state index contributed by atoms with van der Waals surface area (Å²) in [5.41, 5.74) is -0.903. The maximum atomic E-state index is 13.1. The Balaban J connectivity index is 2.06. The van der Waals surface area contributed by atoms with E-state index in [1.807, 2.05) is 6.92 Å². The zero-order valence-electron chi connectivity index (χ0n) is 9.31. The Bertz CT molecular complexity index is 223. The van der Waals surface area contributed by atoms with E-state index in [2.05, 4.69) is 10.2 Å². The molecule has 0 aliphatic carbocycles. The minimum absolute atomic E-state index is 0.395. The Labute approximate surface area is 90.0 Å². The van der Waals surface area contributed by atoms with Gasteiger partial charge in [0.25, 0.3) is 6.43 Å². The van der Waals surface area contributed by atoms with Crippen LogP contribution >= 0.6 is 0 Å². The Morgan fingerprint density at radius 2 is 2.27 bits per heavy atom. The van der Waals surface area contributed by atoms with Crippen molar-refractivity contribution in [2.75, 3.05) is 19.6 Å². The molecule has 0 radical (unpaired) electrons. The molecular formula is C11H20F2N2. The van der Waals surface area contributed by atoms with E-state index in [4.69, 9.17) is 0 Å². The minimum atomic E-state index is -2.24. The third kappa shape index (κ3) is 2.02. The third-order valence-corrected chi connectivity index (χ3v) is 3.89. The standard InChI is InChI=1S/C11H20F2N2/c1-2-14-11(10(12)13)5-7-15-6-3-4-9(15)8-11/h9-10,14H,2-8H2,1H3. The molecule has 0 aromatic carbocycles. The molecule has 2 saturated heterocycles. The predicted molar refractivity (Wildman–Crippen MR) is 56.2 cm³/mol. The molecule has 0 aromatic heterocycles. The Morgan fingerprint density at radius 1 is 1.47 bits per heavy atom. The molecule has 0 aromatic rings. The molecule has 2 atom stereocenters. The lowest BCUT2D eigenvalue weighted by molar-refractivity contribution is -0.0215. The summed E-state index contributed by atoms with van der Waals surface area (Å²) >= 11 is 0. The first-order valence-electron chi connectivity index (χ1n) is 5.95. The van der Waals surface area contributed by atoms with Crippen LogP contribution in [0.1, 0.15) is 32.6 Å². The summed E-state index contributed by atoms with van der Waals surface area (Å²) in [7, 11) is 0. The number of nitrogens with zero attached hydrogens (tertiary/aromatic N) is 1. The molecule has 2 aliphatic rings. The molecule has 2 nitrogen and oxygen atoms in total. The molecule has 0 bridgehead atoms. The average Bonchev–Trinajstić information content (AvgIpc) is 2.64. The summed E-state index contributed by atoms with van der Waals surface area (Å²) in [6, 6.07) is 0.395. The highest BCUT2D eigenvalue weighted by atomic mass is 19.3. The number of piperidine rings is 1. The van der Waals surface area contributed by atoms with E-state index in [-0.39, 0.29) is 0 Å². The van der Waals surface area contributed by atoms with Gasteiger partial charge >= 0.3 is 0 Å². The van der Waals surface area contributed by atoms with Crippen LogP contribution in [-0.2, 0) is 0 Å². The average molecular weight is 218 g/mol. The summed E-state index contributed by atoms with van der Waals surface area (Å²) in [5.74, 6) is 0. The van der Waals surface area contributed by atoms with Crippen molar-refractivity contribution >= 4 is 0 Å². The topological polar surface area (TPSA) is 15.3 Å². The quantitative estimate of drug-likeness (QED) is 0.778. The van der Waals surface area contributed by atoms with Crippen LogP contribution in [0.3, 0.4) is 0 Å². The maximum Gasteiger partial charge on any atom is 0.256 e. The van der Waals surface area contributed by atoms with Crippen molar-refractivity contribution in [3.8, 4) is 0 Å². The van der Waals surface area contributed by atoms with Gasteiger partial charge < -0.3 is 10.2 Å². The van der Waals surface area contributed by atoms with Crippen molar-refractivity contribution in [3.63, 3.8) is 0 Å². The van der Waals surface area contributed by atoms with Gasteiger partial charge in [0.2, 0.25) is 0 Å². The van der Waals surface area contributed by atoms with E-state index in [1.54, 1.807) is 0 Å². The van der Waals surface area contributed by atoms with Crippen molar-refractivity contribution < 1.29 is 8.78 Å². The first kappa shape index (κ1) is 11.3. The first-order valence-corrected chi connectivity index (χ1v) is 5.95. The van der Waals surface area contributed by atoms with Crippen molar-refractivity contribution in [1.29, 1.82) is 0 Å². The lowest BCUT2D eigenvalue weighted by Gasteiger charge is -2.44. The van der Waals surface area contributed by atoms with Gasteiger partial charge in [0.1, 0.15) is 0 Å². The van der Waals surface area contributed by atoms with Crippen molar-refractivity contribution in [3.05, 3.63) is 0 Å². The zero-order chi connectivity index (χ0) is 10.9. The van der Waals surface area contributed by atoms with Crippen LogP contribution in [-0.4, -0.2) is 42.5 Å². The van der Waals surface area contributed by atoms with Crippen LogP contribution in [0.5, 0.6) is 0 Å². The van der Waals surface area contributed by atoms with Crippen LogP contribution in [0, 0.1) is 0 Å². The van der Waals surface area contributed by atoms with Gasteiger partial charge in [-0.1, -0.05) is 6.92 Å². The highest BCUT2D eigenvalue weighted by Gasteiger charge is 2.46. The zero-order valence-corrected chi connectivity index (χ0v) is 9.31. The molecule has 0 spiro atoms. The van der Waals surface area contributed by atoms with E-state index >= 15 is 0 Å². The number of hydrogen-bond acceptors (Lipinski definition) is 2. The summed E-state index contributed by atoms with van der Waals surface area (Å²) < 4.78 is 26.3. The van der Waals surface area contributed by atoms with E-state index in [9.17, 15) is 8.78 Å². The molecular weight excluding hydrogens is 198 g/mol. The van der Waals surface area contributed by atoms with E-state index < -0.39 is 12.0 Å². The van der Waals surface area contributed by atoms with Crippen LogP contribution in [0.2, 0.25) is 0 Å². The van der Waals surface area contributed by atoms with Gasteiger partial charge in [0.05, 0.1) is 5.54 Å². The van der Waals surface area contributed by atoms with Crippen molar-refractivity contribution in [2.45, 2.75) is 50.6 Å². The van der Waals surface area contributed by atoms with Crippen LogP contribution in [0.4, 0.5) is 8.78 Å². The van der Waals surface area contributed by atoms with Gasteiger partial charge in [-0.15, -0.1) is 0 Å². The van der Waals surface area contributed by atoms with Crippen LogP contribution in [0.15, 0.2) is 0 Å². The molecule has 2 rings (SSSR count). The van der Waals surface area contributed by atoms with Gasteiger partial charge in [-0.3, -0.25) is 0 Å². The molecule has 0 saturated carbocycles. The lowest BCUT2D eigenvalue weighted by Crippen LogP contribution is -2.59. The van der Waals surface area contributed by atoms with Crippen molar-refractivity contribution in [2.24, 2.45) is 0 Å². The largest absolute Gasteiger partial charge is 0.307 e. The fraction of sp³-hybridized carbons (Fsp3) is 1.00. The van der Waals surface area contributed by atoms with Gasteiger partial charge in [-0.05, 0) is 38.8 Å². The normalized spacial score (nSPS) is 37.2. The van der Waals surface area contributed by atoms with Gasteiger partial charge in [-0.25, -0.2) is 8.78 Å². The maximum absolute atomic E-state index is 13.1. The SMILES string of the molecule is CCNC1(C(F)F)CCN2CCCC2C1. The number of hydrogen-bond donors (Lipinski definition) is 1. The van der Waals surface area contributed by atoms with Gasteiger partial charge in [0.15, 0.2) is 0 Å². The van der Waals surface area contributed by atoms with Crippen molar-refractivity contribution in [1.82, 2.24) is 10.2 Å². The number of rotatable bonds is 3. The number of halogens is 2. The summed E-state index contributed by atoms with van der Waals surface area (Å²) in [6.07, 6.45) is 1.25. The molecule has 1 N–H and O–H groups in total. The van der Waals surface area contributed by atoms with Crippen LogP contribution in [0.25, 0.3) is 0 Å². The van der Waals surface area contributed by atoms with E-state index in [1.165, 1.54) is 6.42 Å². The molecule has 2 heterocycles. The monoisotopic (exact) mass is 218 g/mol. The molecule has 0 amide bonds. The first-order chi connectivity index (χ1) is 7.18. The van der Waals surface area contributed by atoms with Gasteiger partial charge in [0, 0.05) is 12.6 Å². The number of alkyl halides is 2. The Hall–Kier alpha value is -0.220. The van der Waals surface area contributed by atoms with Crippen LogP contribution < -0.4 is 5.32 Å². The molecule has 2 unspecified atom stereocenters.